The monoisotopic (exact) mass is 386 g/mol. The number of carbonyl (C=O) groups excluding carboxylic acids is 1. The van der Waals surface area contributed by atoms with Crippen molar-refractivity contribution >= 4 is 22.8 Å². The molecule has 0 unspecified atom stereocenters. The average Bonchev–Trinajstić information content (AvgIpc) is 2.99. The molecule has 148 valence electrons. The van der Waals surface area contributed by atoms with Crippen molar-refractivity contribution in [3.8, 4) is 11.3 Å². The van der Waals surface area contributed by atoms with Gasteiger partial charge in [-0.25, -0.2) is 9.97 Å². The molecule has 1 saturated heterocycles. The minimum Gasteiger partial charge on any atom is -0.353 e. The average molecular weight is 386 g/mol. The lowest BCUT2D eigenvalue weighted by atomic mass is 10.1. The third-order valence-electron chi connectivity index (χ3n) is 5.12. The van der Waals surface area contributed by atoms with E-state index in [1.54, 1.807) is 6.08 Å². The van der Waals surface area contributed by atoms with Crippen molar-refractivity contribution < 1.29 is 4.79 Å². The molecular weight excluding hydrogens is 360 g/mol. The fourth-order valence-corrected chi connectivity index (χ4v) is 3.69. The highest BCUT2D eigenvalue weighted by molar-refractivity contribution is 5.88. The van der Waals surface area contributed by atoms with Gasteiger partial charge in [0, 0.05) is 37.8 Å². The second-order valence-corrected chi connectivity index (χ2v) is 7.64. The first-order valence-corrected chi connectivity index (χ1v) is 10.1. The van der Waals surface area contributed by atoms with Crippen molar-refractivity contribution in [3.63, 3.8) is 0 Å². The van der Waals surface area contributed by atoms with Crippen LogP contribution in [0, 0.1) is 0 Å². The maximum atomic E-state index is 12.5. The zero-order valence-electron chi connectivity index (χ0n) is 17.0. The molecule has 5 heteroatoms. The summed E-state index contributed by atoms with van der Waals surface area (Å²) in [5.41, 5.74) is 4.77. The van der Waals surface area contributed by atoms with Gasteiger partial charge in [-0.3, -0.25) is 4.79 Å². The Morgan fingerprint density at radius 1 is 0.862 bits per heavy atom. The van der Waals surface area contributed by atoms with Crippen molar-refractivity contribution in [2.45, 2.75) is 20.3 Å². The molecule has 1 aliphatic heterocycles. The molecule has 29 heavy (non-hydrogen) atoms. The summed E-state index contributed by atoms with van der Waals surface area (Å²) < 4.78 is 0. The Kier molecular flexibility index (Phi) is 5.56. The van der Waals surface area contributed by atoms with Crippen LogP contribution in [0.3, 0.4) is 0 Å². The third kappa shape index (κ3) is 4.29. The normalized spacial score (nSPS) is 14.6. The number of allylic oxidation sites excluding steroid dienone is 1. The predicted molar refractivity (Wildman–Crippen MR) is 118 cm³/mol. The van der Waals surface area contributed by atoms with Crippen LogP contribution >= 0.6 is 0 Å². The molecule has 0 saturated carbocycles. The highest BCUT2D eigenvalue weighted by Gasteiger charge is 2.22. The fraction of sp³-hybridized carbons (Fsp3) is 0.292. The van der Waals surface area contributed by atoms with Gasteiger partial charge in [-0.15, -0.1) is 0 Å². The van der Waals surface area contributed by atoms with Crippen LogP contribution in [-0.4, -0.2) is 47.0 Å². The molecular formula is C24H26N4O. The lowest BCUT2D eigenvalue weighted by molar-refractivity contribution is -0.125. The number of benzene rings is 2. The van der Waals surface area contributed by atoms with Crippen LogP contribution in [0.15, 0.2) is 66.2 Å². The molecule has 0 radical (unpaired) electrons. The summed E-state index contributed by atoms with van der Waals surface area (Å²) in [5, 5.41) is 0. The first kappa shape index (κ1) is 19.1. The fourth-order valence-electron chi connectivity index (χ4n) is 3.69. The Labute approximate surface area is 171 Å². The van der Waals surface area contributed by atoms with E-state index in [9.17, 15) is 4.79 Å². The van der Waals surface area contributed by atoms with Crippen molar-refractivity contribution in [2.75, 3.05) is 31.1 Å². The molecule has 0 N–H and O–H groups in total. The topological polar surface area (TPSA) is 49.3 Å². The summed E-state index contributed by atoms with van der Waals surface area (Å²) in [4.78, 5) is 26.6. The number of anilines is 1. The van der Waals surface area contributed by atoms with Gasteiger partial charge in [0.1, 0.15) is 5.69 Å². The van der Waals surface area contributed by atoms with E-state index in [2.05, 4.69) is 17.0 Å². The van der Waals surface area contributed by atoms with Crippen LogP contribution in [0.5, 0.6) is 0 Å². The highest BCUT2D eigenvalue weighted by Crippen LogP contribution is 2.30. The van der Waals surface area contributed by atoms with Crippen LogP contribution in [0.1, 0.15) is 20.3 Å². The molecule has 1 fully saturated rings. The lowest BCUT2D eigenvalue weighted by Crippen LogP contribution is -2.34. The molecule has 1 amide bonds. The standard InChI is InChI=1S/C24H26N4O/c1-18(2)17-22(29)27-13-8-14-28(16-15-27)24-23(19-9-4-3-5-10-19)25-20-11-6-7-12-21(20)26-24/h3-7,9-12,17H,8,13-16H2,1-2H3. The van der Waals surface area contributed by atoms with Gasteiger partial charge >= 0.3 is 0 Å². The van der Waals surface area contributed by atoms with E-state index in [-0.39, 0.29) is 5.91 Å². The number of rotatable bonds is 3. The Hall–Kier alpha value is -3.21. The minimum atomic E-state index is 0.0970. The van der Waals surface area contributed by atoms with Crippen LogP contribution in [0.4, 0.5) is 5.82 Å². The molecule has 1 aliphatic rings. The second kappa shape index (κ2) is 8.43. The second-order valence-electron chi connectivity index (χ2n) is 7.64. The maximum absolute atomic E-state index is 12.5. The van der Waals surface area contributed by atoms with E-state index in [1.807, 2.05) is 61.2 Å². The molecule has 1 aromatic heterocycles. The van der Waals surface area contributed by atoms with Gasteiger partial charge < -0.3 is 9.80 Å². The van der Waals surface area contributed by atoms with Gasteiger partial charge in [-0.2, -0.15) is 0 Å². The van der Waals surface area contributed by atoms with Crippen LogP contribution in [0.2, 0.25) is 0 Å². The van der Waals surface area contributed by atoms with E-state index in [1.165, 1.54) is 0 Å². The highest BCUT2D eigenvalue weighted by atomic mass is 16.2. The Morgan fingerprint density at radius 2 is 1.55 bits per heavy atom. The van der Waals surface area contributed by atoms with E-state index in [0.717, 1.165) is 59.7 Å². The van der Waals surface area contributed by atoms with Gasteiger partial charge in [0.15, 0.2) is 5.82 Å². The molecule has 3 aromatic rings. The number of fused-ring (bicyclic) bond motifs is 1. The van der Waals surface area contributed by atoms with E-state index < -0.39 is 0 Å². The first-order valence-electron chi connectivity index (χ1n) is 10.1. The van der Waals surface area contributed by atoms with E-state index >= 15 is 0 Å². The quantitative estimate of drug-likeness (QED) is 0.630. The number of carbonyl (C=O) groups is 1. The summed E-state index contributed by atoms with van der Waals surface area (Å²) in [7, 11) is 0. The number of amides is 1. The lowest BCUT2D eigenvalue weighted by Gasteiger charge is -2.24. The number of aromatic nitrogens is 2. The van der Waals surface area contributed by atoms with Gasteiger partial charge in [0.2, 0.25) is 5.91 Å². The molecule has 0 spiro atoms. The van der Waals surface area contributed by atoms with Crippen molar-refractivity contribution in [1.29, 1.82) is 0 Å². The largest absolute Gasteiger partial charge is 0.353 e. The van der Waals surface area contributed by atoms with Crippen LogP contribution in [-0.2, 0) is 4.79 Å². The third-order valence-corrected chi connectivity index (χ3v) is 5.12. The Bertz CT molecular complexity index is 1040. The summed E-state index contributed by atoms with van der Waals surface area (Å²) >= 11 is 0. The molecule has 0 atom stereocenters. The summed E-state index contributed by atoms with van der Waals surface area (Å²) in [6.07, 6.45) is 2.63. The minimum absolute atomic E-state index is 0.0970. The SMILES string of the molecule is CC(C)=CC(=O)N1CCCN(c2nc3ccccc3nc2-c2ccccc2)CC1. The molecule has 0 aliphatic carbocycles. The Balaban J connectivity index is 1.69. The zero-order valence-corrected chi connectivity index (χ0v) is 17.0. The summed E-state index contributed by atoms with van der Waals surface area (Å²) in [5.74, 6) is 0.992. The molecule has 4 rings (SSSR count). The maximum Gasteiger partial charge on any atom is 0.246 e. The van der Waals surface area contributed by atoms with Crippen molar-refractivity contribution in [3.05, 3.63) is 66.2 Å². The Morgan fingerprint density at radius 3 is 2.28 bits per heavy atom. The van der Waals surface area contributed by atoms with Gasteiger partial charge in [0.05, 0.1) is 11.0 Å². The molecule has 5 nitrogen and oxygen atoms in total. The van der Waals surface area contributed by atoms with Gasteiger partial charge in [-0.1, -0.05) is 48.0 Å². The number of para-hydroxylation sites is 2. The van der Waals surface area contributed by atoms with E-state index in [4.69, 9.17) is 9.97 Å². The molecule has 2 aromatic carbocycles. The van der Waals surface area contributed by atoms with Crippen molar-refractivity contribution in [1.82, 2.24) is 14.9 Å². The zero-order chi connectivity index (χ0) is 20.2. The first-order chi connectivity index (χ1) is 14.1. The smallest absolute Gasteiger partial charge is 0.246 e. The predicted octanol–water partition coefficient (Wildman–Crippen LogP) is 4.30. The molecule has 2 heterocycles. The number of nitrogens with zero attached hydrogens (tertiary/aromatic N) is 4. The molecule has 0 bridgehead atoms. The summed E-state index contributed by atoms with van der Waals surface area (Å²) in [6.45, 7) is 6.96. The number of hydrogen-bond acceptors (Lipinski definition) is 4. The van der Waals surface area contributed by atoms with Gasteiger partial charge in [0.25, 0.3) is 0 Å². The van der Waals surface area contributed by atoms with E-state index in [0.29, 0.717) is 6.54 Å². The van der Waals surface area contributed by atoms with Gasteiger partial charge in [-0.05, 0) is 32.4 Å². The summed E-state index contributed by atoms with van der Waals surface area (Å²) in [6, 6.07) is 18.2. The number of hydrogen-bond donors (Lipinski definition) is 0. The van der Waals surface area contributed by atoms with Crippen LogP contribution in [0.25, 0.3) is 22.3 Å². The van der Waals surface area contributed by atoms with Crippen molar-refractivity contribution in [2.24, 2.45) is 0 Å². The van der Waals surface area contributed by atoms with Crippen LogP contribution < -0.4 is 4.90 Å².